The van der Waals surface area contributed by atoms with Crippen molar-refractivity contribution < 1.29 is 9.53 Å². The number of anilines is 1. The van der Waals surface area contributed by atoms with Gasteiger partial charge in [-0.05, 0) is 61.9 Å². The second-order valence-electron chi connectivity index (χ2n) is 6.70. The monoisotopic (exact) mass is 333 g/mol. The van der Waals surface area contributed by atoms with Crippen molar-refractivity contribution in [2.75, 3.05) is 12.4 Å². The fourth-order valence-corrected chi connectivity index (χ4v) is 3.10. The van der Waals surface area contributed by atoms with Crippen LogP contribution in [-0.2, 0) is 10.2 Å². The Balaban J connectivity index is 1.69. The molecule has 5 nitrogen and oxygen atoms in total. The van der Waals surface area contributed by atoms with Gasteiger partial charge >= 0.3 is 0 Å². The van der Waals surface area contributed by atoms with Gasteiger partial charge in [0.1, 0.15) is 11.6 Å². The third kappa shape index (κ3) is 2.48. The first-order valence-electron chi connectivity index (χ1n) is 8.15. The lowest BCUT2D eigenvalue weighted by Gasteiger charge is -2.15. The number of fused-ring (bicyclic) bond motifs is 1. The van der Waals surface area contributed by atoms with E-state index >= 15 is 0 Å². The van der Waals surface area contributed by atoms with Gasteiger partial charge in [0.15, 0.2) is 0 Å². The normalized spacial score (nSPS) is 14.9. The number of amides is 1. The molecule has 0 aliphatic carbocycles. The van der Waals surface area contributed by atoms with Crippen LogP contribution in [0.1, 0.15) is 19.4 Å². The summed E-state index contributed by atoms with van der Waals surface area (Å²) in [5.74, 6) is 1.62. The molecule has 0 fully saturated rings. The molecule has 1 aliphatic heterocycles. The van der Waals surface area contributed by atoms with Gasteiger partial charge in [-0.1, -0.05) is 0 Å². The largest absolute Gasteiger partial charge is 0.497 e. The van der Waals surface area contributed by atoms with Crippen LogP contribution in [0.25, 0.3) is 22.6 Å². The molecule has 1 aromatic heterocycles. The Hall–Kier alpha value is -3.08. The Morgan fingerprint density at radius 2 is 1.76 bits per heavy atom. The molecule has 0 spiro atoms. The third-order valence-electron chi connectivity index (χ3n) is 4.75. The van der Waals surface area contributed by atoms with Crippen LogP contribution < -0.4 is 10.1 Å². The van der Waals surface area contributed by atoms with Crippen LogP contribution in [0.4, 0.5) is 5.69 Å². The maximum atomic E-state index is 12.1. The molecular formula is C20H19N3O2. The number of carbonyl (C=O) groups is 1. The van der Waals surface area contributed by atoms with Crippen molar-refractivity contribution in [2.45, 2.75) is 19.3 Å². The number of benzene rings is 2. The lowest BCUT2D eigenvalue weighted by Crippen LogP contribution is -2.26. The number of imidazole rings is 1. The number of hydrogen-bond donors (Lipinski definition) is 2. The number of aromatic nitrogens is 2. The van der Waals surface area contributed by atoms with Crippen LogP contribution >= 0.6 is 0 Å². The smallest absolute Gasteiger partial charge is 0.234 e. The minimum absolute atomic E-state index is 0.0259. The number of nitrogens with zero attached hydrogens (tertiary/aromatic N) is 1. The van der Waals surface area contributed by atoms with Crippen molar-refractivity contribution in [1.82, 2.24) is 9.97 Å². The van der Waals surface area contributed by atoms with E-state index in [2.05, 4.69) is 10.3 Å². The molecule has 0 bridgehead atoms. The number of nitrogens with one attached hydrogen (secondary N) is 2. The van der Waals surface area contributed by atoms with Crippen molar-refractivity contribution in [3.8, 4) is 28.4 Å². The molecule has 1 aliphatic rings. The SMILES string of the molecule is COc1ccc(-c2c[nH]c(-c3ccc4c(c3)C(C)(C)C(=O)N4)n2)cc1. The van der Waals surface area contributed by atoms with Gasteiger partial charge in [-0.2, -0.15) is 0 Å². The van der Waals surface area contributed by atoms with E-state index in [1.165, 1.54) is 0 Å². The van der Waals surface area contributed by atoms with Crippen LogP contribution in [0, 0.1) is 0 Å². The van der Waals surface area contributed by atoms with Crippen molar-refractivity contribution in [1.29, 1.82) is 0 Å². The Morgan fingerprint density at radius 1 is 1.04 bits per heavy atom. The zero-order valence-electron chi connectivity index (χ0n) is 14.4. The summed E-state index contributed by atoms with van der Waals surface area (Å²) in [5.41, 5.74) is 4.19. The van der Waals surface area contributed by atoms with Gasteiger partial charge in [0, 0.05) is 23.0 Å². The highest BCUT2D eigenvalue weighted by Crippen LogP contribution is 2.39. The molecule has 5 heteroatoms. The van der Waals surface area contributed by atoms with E-state index in [-0.39, 0.29) is 5.91 Å². The van der Waals surface area contributed by atoms with E-state index < -0.39 is 5.41 Å². The van der Waals surface area contributed by atoms with E-state index in [0.717, 1.165) is 39.6 Å². The Kier molecular flexibility index (Phi) is 3.39. The van der Waals surface area contributed by atoms with Gasteiger partial charge in [-0.15, -0.1) is 0 Å². The molecule has 0 atom stereocenters. The standard InChI is InChI=1S/C20H19N3O2/c1-20(2)15-10-13(6-9-16(15)23-19(20)24)18-21-11-17(22-18)12-4-7-14(25-3)8-5-12/h4-11H,1-3H3,(H,21,22)(H,23,24). The average molecular weight is 333 g/mol. The molecule has 2 N–H and O–H groups in total. The number of hydrogen-bond acceptors (Lipinski definition) is 3. The zero-order chi connectivity index (χ0) is 17.6. The molecular weight excluding hydrogens is 314 g/mol. The predicted molar refractivity (Wildman–Crippen MR) is 97.7 cm³/mol. The molecule has 1 amide bonds. The molecule has 0 unspecified atom stereocenters. The second-order valence-corrected chi connectivity index (χ2v) is 6.70. The van der Waals surface area contributed by atoms with Crippen molar-refractivity contribution in [3.63, 3.8) is 0 Å². The molecule has 4 rings (SSSR count). The molecule has 126 valence electrons. The summed E-state index contributed by atoms with van der Waals surface area (Å²) in [5, 5.41) is 2.93. The molecule has 0 saturated heterocycles. The summed E-state index contributed by atoms with van der Waals surface area (Å²) < 4.78 is 5.19. The van der Waals surface area contributed by atoms with Gasteiger partial charge in [-0.25, -0.2) is 4.98 Å². The summed E-state index contributed by atoms with van der Waals surface area (Å²) in [6.07, 6.45) is 1.89. The third-order valence-corrected chi connectivity index (χ3v) is 4.75. The van der Waals surface area contributed by atoms with E-state index in [1.54, 1.807) is 7.11 Å². The first kappa shape index (κ1) is 15.4. The minimum Gasteiger partial charge on any atom is -0.497 e. The number of aromatic amines is 1. The Bertz CT molecular complexity index is 955. The summed E-state index contributed by atoms with van der Waals surface area (Å²) in [4.78, 5) is 20.0. The number of ether oxygens (including phenoxy) is 1. The van der Waals surface area contributed by atoms with Gasteiger partial charge < -0.3 is 15.0 Å². The number of H-pyrrole nitrogens is 1. The summed E-state index contributed by atoms with van der Waals surface area (Å²) in [6, 6.07) is 13.7. The number of rotatable bonds is 3. The van der Waals surface area contributed by atoms with Crippen molar-refractivity contribution >= 4 is 11.6 Å². The first-order valence-corrected chi connectivity index (χ1v) is 8.15. The molecule has 3 aromatic rings. The molecule has 2 aromatic carbocycles. The van der Waals surface area contributed by atoms with Crippen LogP contribution in [0.2, 0.25) is 0 Å². The van der Waals surface area contributed by atoms with Crippen LogP contribution in [-0.4, -0.2) is 23.0 Å². The Morgan fingerprint density at radius 3 is 2.48 bits per heavy atom. The lowest BCUT2D eigenvalue weighted by molar-refractivity contribution is -0.119. The van der Waals surface area contributed by atoms with Gasteiger partial charge in [-0.3, -0.25) is 4.79 Å². The van der Waals surface area contributed by atoms with Gasteiger partial charge in [0.05, 0.1) is 18.2 Å². The van der Waals surface area contributed by atoms with E-state index in [0.29, 0.717) is 0 Å². The molecule has 2 heterocycles. The highest BCUT2D eigenvalue weighted by Gasteiger charge is 2.38. The number of carbonyl (C=O) groups excluding carboxylic acids is 1. The van der Waals surface area contributed by atoms with Crippen LogP contribution in [0.3, 0.4) is 0 Å². The van der Waals surface area contributed by atoms with E-state index in [1.807, 2.05) is 62.5 Å². The predicted octanol–water partition coefficient (Wildman–Crippen LogP) is 3.98. The van der Waals surface area contributed by atoms with Crippen molar-refractivity contribution in [3.05, 3.63) is 54.2 Å². The van der Waals surface area contributed by atoms with Crippen LogP contribution in [0.15, 0.2) is 48.7 Å². The summed E-state index contributed by atoms with van der Waals surface area (Å²) in [6.45, 7) is 3.87. The van der Waals surface area contributed by atoms with Gasteiger partial charge in [0.25, 0.3) is 0 Å². The zero-order valence-corrected chi connectivity index (χ0v) is 14.4. The van der Waals surface area contributed by atoms with Crippen molar-refractivity contribution in [2.24, 2.45) is 0 Å². The number of methoxy groups -OCH3 is 1. The van der Waals surface area contributed by atoms with E-state index in [9.17, 15) is 4.79 Å². The van der Waals surface area contributed by atoms with Crippen LogP contribution in [0.5, 0.6) is 5.75 Å². The topological polar surface area (TPSA) is 67.0 Å². The maximum absolute atomic E-state index is 12.1. The maximum Gasteiger partial charge on any atom is 0.234 e. The molecule has 0 radical (unpaired) electrons. The first-order chi connectivity index (χ1) is 12.0. The Labute approximate surface area is 146 Å². The summed E-state index contributed by atoms with van der Waals surface area (Å²) >= 11 is 0. The molecule has 25 heavy (non-hydrogen) atoms. The highest BCUT2D eigenvalue weighted by atomic mass is 16.5. The average Bonchev–Trinajstić information content (AvgIpc) is 3.19. The lowest BCUT2D eigenvalue weighted by atomic mass is 9.85. The minimum atomic E-state index is -0.531. The summed E-state index contributed by atoms with van der Waals surface area (Å²) in [7, 11) is 1.65. The molecule has 0 saturated carbocycles. The van der Waals surface area contributed by atoms with E-state index in [4.69, 9.17) is 9.72 Å². The fourth-order valence-electron chi connectivity index (χ4n) is 3.10. The quantitative estimate of drug-likeness (QED) is 0.762. The fraction of sp³-hybridized carbons (Fsp3) is 0.200. The highest BCUT2D eigenvalue weighted by molar-refractivity contribution is 6.06. The second kappa shape index (κ2) is 5.48. The van der Waals surface area contributed by atoms with Gasteiger partial charge in [0.2, 0.25) is 5.91 Å².